The van der Waals surface area contributed by atoms with E-state index in [9.17, 15) is 4.79 Å². The Morgan fingerprint density at radius 1 is 0.923 bits per heavy atom. The van der Waals surface area contributed by atoms with Crippen LogP contribution in [0.2, 0.25) is 0 Å². The lowest BCUT2D eigenvalue weighted by Gasteiger charge is -2.08. The van der Waals surface area contributed by atoms with E-state index in [0.717, 1.165) is 11.4 Å². The van der Waals surface area contributed by atoms with Gasteiger partial charge in [0.1, 0.15) is 17.2 Å². The molecule has 0 radical (unpaired) electrons. The number of hydrogen-bond donors (Lipinski definition) is 1. The molecule has 26 heavy (non-hydrogen) atoms. The van der Waals surface area contributed by atoms with Crippen LogP contribution in [0.5, 0.6) is 17.2 Å². The van der Waals surface area contributed by atoms with E-state index in [-0.39, 0.29) is 11.6 Å². The van der Waals surface area contributed by atoms with Crippen LogP contribution < -0.4 is 19.5 Å². The van der Waals surface area contributed by atoms with Crippen molar-refractivity contribution in [1.82, 2.24) is 15.0 Å². The van der Waals surface area contributed by atoms with Gasteiger partial charge in [-0.3, -0.25) is 4.79 Å². The van der Waals surface area contributed by atoms with Gasteiger partial charge in [-0.15, -0.1) is 5.10 Å². The molecule has 1 aromatic heterocycles. The Morgan fingerprint density at radius 3 is 2.12 bits per heavy atom. The molecule has 0 spiro atoms. The lowest BCUT2D eigenvalue weighted by molar-refractivity contribution is 0.102. The predicted molar refractivity (Wildman–Crippen MR) is 95.4 cm³/mol. The fourth-order valence-corrected chi connectivity index (χ4v) is 2.30. The van der Waals surface area contributed by atoms with Gasteiger partial charge < -0.3 is 19.5 Å². The smallest absolute Gasteiger partial charge is 0.277 e. The Labute approximate surface area is 150 Å². The molecule has 8 nitrogen and oxygen atoms in total. The number of aromatic nitrogens is 3. The van der Waals surface area contributed by atoms with Crippen LogP contribution in [0.3, 0.4) is 0 Å². The standard InChI is InChI=1S/C18H18N4O4/c1-24-14-6-4-13(5-7-14)22-11-17(20-21-22)18(23)19-12-8-15(25-2)10-16(9-12)26-3/h4-11H,1-3H3,(H,19,23). The number of nitrogens with zero attached hydrogens (tertiary/aromatic N) is 3. The summed E-state index contributed by atoms with van der Waals surface area (Å²) in [4.78, 5) is 12.4. The monoisotopic (exact) mass is 354 g/mol. The fraction of sp³-hybridized carbons (Fsp3) is 0.167. The molecule has 1 amide bonds. The maximum Gasteiger partial charge on any atom is 0.277 e. The Kier molecular flexibility index (Phi) is 5.02. The molecule has 0 bridgehead atoms. The molecule has 2 aromatic carbocycles. The van der Waals surface area contributed by atoms with Crippen LogP contribution in [0.25, 0.3) is 5.69 Å². The number of carbonyl (C=O) groups is 1. The average molecular weight is 354 g/mol. The van der Waals surface area contributed by atoms with Crippen molar-refractivity contribution in [3.05, 3.63) is 54.4 Å². The molecule has 1 heterocycles. The SMILES string of the molecule is COc1ccc(-n2cc(C(=O)Nc3cc(OC)cc(OC)c3)nn2)cc1. The Balaban J connectivity index is 1.77. The summed E-state index contributed by atoms with van der Waals surface area (Å²) in [5, 5.41) is 10.7. The number of hydrogen-bond acceptors (Lipinski definition) is 6. The van der Waals surface area contributed by atoms with E-state index in [1.54, 1.807) is 57.9 Å². The van der Waals surface area contributed by atoms with Crippen molar-refractivity contribution in [2.24, 2.45) is 0 Å². The highest BCUT2D eigenvalue weighted by Crippen LogP contribution is 2.26. The van der Waals surface area contributed by atoms with E-state index in [1.165, 1.54) is 4.68 Å². The van der Waals surface area contributed by atoms with Gasteiger partial charge in [0.2, 0.25) is 0 Å². The molecule has 0 aliphatic heterocycles. The Bertz CT molecular complexity index is 884. The summed E-state index contributed by atoms with van der Waals surface area (Å²) in [7, 11) is 4.68. The molecule has 0 saturated carbocycles. The molecular weight excluding hydrogens is 336 g/mol. The van der Waals surface area contributed by atoms with Gasteiger partial charge >= 0.3 is 0 Å². The zero-order valence-corrected chi connectivity index (χ0v) is 14.6. The number of rotatable bonds is 6. The molecule has 0 aliphatic carbocycles. The number of amides is 1. The second-order valence-corrected chi connectivity index (χ2v) is 5.30. The van der Waals surface area contributed by atoms with Crippen molar-refractivity contribution in [3.63, 3.8) is 0 Å². The van der Waals surface area contributed by atoms with Crippen molar-refractivity contribution >= 4 is 11.6 Å². The van der Waals surface area contributed by atoms with Crippen LogP contribution in [0, 0.1) is 0 Å². The van der Waals surface area contributed by atoms with Gasteiger partial charge in [-0.2, -0.15) is 0 Å². The highest BCUT2D eigenvalue weighted by Gasteiger charge is 2.13. The lowest BCUT2D eigenvalue weighted by atomic mass is 10.2. The summed E-state index contributed by atoms with van der Waals surface area (Å²) >= 11 is 0. The highest BCUT2D eigenvalue weighted by molar-refractivity contribution is 6.02. The topological polar surface area (TPSA) is 87.5 Å². The number of ether oxygens (including phenoxy) is 3. The van der Waals surface area contributed by atoms with Crippen molar-refractivity contribution in [1.29, 1.82) is 0 Å². The second-order valence-electron chi connectivity index (χ2n) is 5.30. The zero-order chi connectivity index (χ0) is 18.5. The van der Waals surface area contributed by atoms with Gasteiger partial charge in [0.15, 0.2) is 5.69 Å². The molecule has 134 valence electrons. The van der Waals surface area contributed by atoms with Crippen LogP contribution in [0.15, 0.2) is 48.7 Å². The van der Waals surface area contributed by atoms with Crippen molar-refractivity contribution < 1.29 is 19.0 Å². The molecule has 3 rings (SSSR count). The molecule has 3 aromatic rings. The average Bonchev–Trinajstić information content (AvgIpc) is 3.18. The van der Waals surface area contributed by atoms with Gasteiger partial charge in [0.05, 0.1) is 33.2 Å². The van der Waals surface area contributed by atoms with Crippen LogP contribution in [-0.2, 0) is 0 Å². The zero-order valence-electron chi connectivity index (χ0n) is 14.6. The maximum atomic E-state index is 12.4. The summed E-state index contributed by atoms with van der Waals surface area (Å²) in [5.41, 5.74) is 1.48. The number of benzene rings is 2. The maximum absolute atomic E-state index is 12.4. The molecule has 0 fully saturated rings. The number of nitrogens with one attached hydrogen (secondary N) is 1. The van der Waals surface area contributed by atoms with Crippen LogP contribution >= 0.6 is 0 Å². The molecule has 0 unspecified atom stereocenters. The van der Waals surface area contributed by atoms with E-state index in [4.69, 9.17) is 14.2 Å². The minimum atomic E-state index is -0.389. The largest absolute Gasteiger partial charge is 0.497 e. The molecule has 0 atom stereocenters. The first-order valence-corrected chi connectivity index (χ1v) is 7.74. The number of anilines is 1. The summed E-state index contributed by atoms with van der Waals surface area (Å²) in [5.74, 6) is 1.49. The van der Waals surface area contributed by atoms with E-state index in [2.05, 4.69) is 15.6 Å². The number of carbonyl (C=O) groups excluding carboxylic acids is 1. The van der Waals surface area contributed by atoms with Gasteiger partial charge in [-0.25, -0.2) is 4.68 Å². The summed E-state index contributed by atoms with van der Waals surface area (Å²) in [6, 6.07) is 12.3. The van der Waals surface area contributed by atoms with Crippen molar-refractivity contribution in [3.8, 4) is 22.9 Å². The molecule has 0 saturated heterocycles. The van der Waals surface area contributed by atoms with Gasteiger partial charge in [0.25, 0.3) is 5.91 Å². The van der Waals surface area contributed by atoms with E-state index in [1.807, 2.05) is 12.1 Å². The first-order chi connectivity index (χ1) is 12.6. The van der Waals surface area contributed by atoms with Crippen LogP contribution in [0.1, 0.15) is 10.5 Å². The third-order valence-corrected chi connectivity index (χ3v) is 3.67. The third kappa shape index (κ3) is 3.75. The van der Waals surface area contributed by atoms with Crippen molar-refractivity contribution in [2.45, 2.75) is 0 Å². The normalized spacial score (nSPS) is 10.3. The number of methoxy groups -OCH3 is 3. The second kappa shape index (κ2) is 7.56. The van der Waals surface area contributed by atoms with E-state index >= 15 is 0 Å². The van der Waals surface area contributed by atoms with Crippen LogP contribution in [0.4, 0.5) is 5.69 Å². The fourth-order valence-electron chi connectivity index (χ4n) is 2.30. The molecule has 0 aliphatic rings. The first-order valence-electron chi connectivity index (χ1n) is 7.74. The molecular formula is C18H18N4O4. The summed E-state index contributed by atoms with van der Waals surface area (Å²) in [6.45, 7) is 0. The Hall–Kier alpha value is -3.55. The minimum absolute atomic E-state index is 0.183. The van der Waals surface area contributed by atoms with E-state index in [0.29, 0.717) is 17.2 Å². The predicted octanol–water partition coefficient (Wildman–Crippen LogP) is 2.55. The lowest BCUT2D eigenvalue weighted by Crippen LogP contribution is -2.12. The summed E-state index contributed by atoms with van der Waals surface area (Å²) in [6.07, 6.45) is 1.55. The summed E-state index contributed by atoms with van der Waals surface area (Å²) < 4.78 is 17.0. The van der Waals surface area contributed by atoms with Crippen LogP contribution in [-0.4, -0.2) is 42.2 Å². The van der Waals surface area contributed by atoms with Crippen molar-refractivity contribution in [2.75, 3.05) is 26.6 Å². The first kappa shape index (κ1) is 17.3. The molecule has 8 heteroatoms. The van der Waals surface area contributed by atoms with Gasteiger partial charge in [-0.1, -0.05) is 5.21 Å². The Morgan fingerprint density at radius 2 is 1.54 bits per heavy atom. The van der Waals surface area contributed by atoms with Gasteiger partial charge in [-0.05, 0) is 24.3 Å². The molecule has 1 N–H and O–H groups in total. The highest BCUT2D eigenvalue weighted by atomic mass is 16.5. The quantitative estimate of drug-likeness (QED) is 0.732. The third-order valence-electron chi connectivity index (χ3n) is 3.67. The minimum Gasteiger partial charge on any atom is -0.497 e. The van der Waals surface area contributed by atoms with Gasteiger partial charge in [0, 0.05) is 23.9 Å². The van der Waals surface area contributed by atoms with E-state index < -0.39 is 0 Å².